The maximum absolute atomic E-state index is 2.57. The molecule has 6 atom stereocenters. The second kappa shape index (κ2) is 7.05. The molecule has 0 nitrogen and oxygen atoms in total. The summed E-state index contributed by atoms with van der Waals surface area (Å²) in [6, 6.07) is 0. The van der Waals surface area contributed by atoms with Crippen LogP contribution in [0.15, 0.2) is 0 Å². The SMILES string of the molecule is CCC1CCC(C2CC(C)C(CC(C)C3CCCC3)C2)C1. The number of hydrogen-bond donors (Lipinski definition) is 0. The fourth-order valence-electron chi connectivity index (χ4n) is 6.21. The highest BCUT2D eigenvalue weighted by Gasteiger charge is 2.39. The van der Waals surface area contributed by atoms with E-state index in [2.05, 4.69) is 20.8 Å². The third kappa shape index (κ3) is 3.67. The van der Waals surface area contributed by atoms with E-state index in [1.807, 2.05) is 0 Å². The molecule has 0 spiro atoms. The summed E-state index contributed by atoms with van der Waals surface area (Å²) < 4.78 is 0. The topological polar surface area (TPSA) is 0 Å². The van der Waals surface area contributed by atoms with Crippen LogP contribution in [0.4, 0.5) is 0 Å². The predicted octanol–water partition coefficient (Wildman–Crippen LogP) is 6.69. The molecule has 3 rings (SSSR count). The molecule has 0 saturated heterocycles. The van der Waals surface area contributed by atoms with Gasteiger partial charge in [0.2, 0.25) is 0 Å². The molecule has 0 bridgehead atoms. The van der Waals surface area contributed by atoms with E-state index in [9.17, 15) is 0 Å². The van der Waals surface area contributed by atoms with Crippen LogP contribution >= 0.6 is 0 Å². The van der Waals surface area contributed by atoms with Gasteiger partial charge in [-0.05, 0) is 73.5 Å². The summed E-state index contributed by atoms with van der Waals surface area (Å²) in [5.41, 5.74) is 0. The Balaban J connectivity index is 1.49. The molecule has 0 N–H and O–H groups in total. The van der Waals surface area contributed by atoms with E-state index >= 15 is 0 Å². The monoisotopic (exact) mass is 290 g/mol. The maximum Gasteiger partial charge on any atom is -0.0380 e. The van der Waals surface area contributed by atoms with Crippen LogP contribution in [0, 0.1) is 41.4 Å². The van der Waals surface area contributed by atoms with Gasteiger partial charge in [0, 0.05) is 0 Å². The summed E-state index contributed by atoms with van der Waals surface area (Å²) in [7, 11) is 0. The lowest BCUT2D eigenvalue weighted by Gasteiger charge is -2.25. The summed E-state index contributed by atoms with van der Waals surface area (Å²) >= 11 is 0. The largest absolute Gasteiger partial charge is 0.0651 e. The van der Waals surface area contributed by atoms with Crippen LogP contribution in [0.25, 0.3) is 0 Å². The van der Waals surface area contributed by atoms with Gasteiger partial charge in [0.15, 0.2) is 0 Å². The molecule has 3 fully saturated rings. The molecule has 0 aromatic rings. The lowest BCUT2D eigenvalue weighted by Crippen LogP contribution is -2.15. The third-order valence-corrected chi connectivity index (χ3v) is 7.79. The molecule has 0 amide bonds. The van der Waals surface area contributed by atoms with Crippen molar-refractivity contribution in [2.24, 2.45) is 41.4 Å². The molecule has 3 saturated carbocycles. The van der Waals surface area contributed by atoms with Crippen molar-refractivity contribution in [3.63, 3.8) is 0 Å². The van der Waals surface area contributed by atoms with Crippen molar-refractivity contribution < 1.29 is 0 Å². The standard InChI is InChI=1S/C21H38/c1-4-17-9-10-19(13-17)21-12-16(3)20(14-21)11-15(2)18-7-5-6-8-18/h15-21H,4-14H2,1-3H3. The van der Waals surface area contributed by atoms with Gasteiger partial charge in [0.05, 0.1) is 0 Å². The van der Waals surface area contributed by atoms with Crippen molar-refractivity contribution in [1.29, 1.82) is 0 Å². The molecule has 0 heterocycles. The normalized spacial score (nSPS) is 42.7. The van der Waals surface area contributed by atoms with E-state index in [0.717, 1.165) is 41.4 Å². The Morgan fingerprint density at radius 1 is 0.905 bits per heavy atom. The highest BCUT2D eigenvalue weighted by Crippen LogP contribution is 2.49. The minimum absolute atomic E-state index is 1.01. The van der Waals surface area contributed by atoms with E-state index in [0.29, 0.717) is 0 Å². The van der Waals surface area contributed by atoms with Crippen LogP contribution in [0.5, 0.6) is 0 Å². The zero-order valence-electron chi connectivity index (χ0n) is 14.8. The summed E-state index contributed by atoms with van der Waals surface area (Å²) in [6.07, 6.45) is 16.9. The van der Waals surface area contributed by atoms with Crippen molar-refractivity contribution in [2.45, 2.75) is 91.4 Å². The quantitative estimate of drug-likeness (QED) is 0.529. The van der Waals surface area contributed by atoms with Crippen molar-refractivity contribution in [3.05, 3.63) is 0 Å². The van der Waals surface area contributed by atoms with Gasteiger partial charge < -0.3 is 0 Å². The number of rotatable bonds is 5. The molecule has 21 heavy (non-hydrogen) atoms. The van der Waals surface area contributed by atoms with Crippen LogP contribution in [-0.2, 0) is 0 Å². The Hall–Kier alpha value is 0. The van der Waals surface area contributed by atoms with E-state index in [-0.39, 0.29) is 0 Å². The number of hydrogen-bond acceptors (Lipinski definition) is 0. The first-order valence-electron chi connectivity index (χ1n) is 10.2. The Labute approximate surface area is 133 Å². The Morgan fingerprint density at radius 2 is 1.67 bits per heavy atom. The highest BCUT2D eigenvalue weighted by atomic mass is 14.4. The second-order valence-electron chi connectivity index (χ2n) is 9.07. The fraction of sp³-hybridized carbons (Fsp3) is 1.00. The average Bonchev–Trinajstić information content (AvgIpc) is 3.18. The fourth-order valence-corrected chi connectivity index (χ4v) is 6.21. The minimum Gasteiger partial charge on any atom is -0.0651 e. The zero-order valence-corrected chi connectivity index (χ0v) is 14.8. The van der Waals surface area contributed by atoms with Crippen molar-refractivity contribution >= 4 is 0 Å². The van der Waals surface area contributed by atoms with Crippen LogP contribution in [0.1, 0.15) is 91.4 Å². The van der Waals surface area contributed by atoms with Crippen LogP contribution in [0.2, 0.25) is 0 Å². The zero-order chi connectivity index (χ0) is 14.8. The van der Waals surface area contributed by atoms with Crippen molar-refractivity contribution in [3.8, 4) is 0 Å². The Kier molecular flexibility index (Phi) is 5.33. The van der Waals surface area contributed by atoms with E-state index in [1.165, 1.54) is 38.5 Å². The van der Waals surface area contributed by atoms with E-state index in [1.54, 1.807) is 32.1 Å². The van der Waals surface area contributed by atoms with Crippen molar-refractivity contribution in [2.75, 3.05) is 0 Å². The molecular weight excluding hydrogens is 252 g/mol. The molecule has 6 unspecified atom stereocenters. The first-order valence-corrected chi connectivity index (χ1v) is 10.2. The molecular formula is C21H38. The summed E-state index contributed by atoms with van der Waals surface area (Å²) in [5.74, 6) is 7.42. The lowest BCUT2D eigenvalue weighted by atomic mass is 9.81. The molecule has 0 radical (unpaired) electrons. The van der Waals surface area contributed by atoms with Crippen molar-refractivity contribution in [1.82, 2.24) is 0 Å². The van der Waals surface area contributed by atoms with Gasteiger partial charge in [-0.2, -0.15) is 0 Å². The lowest BCUT2D eigenvalue weighted by molar-refractivity contribution is 0.255. The van der Waals surface area contributed by atoms with Gasteiger partial charge in [-0.1, -0.05) is 59.3 Å². The predicted molar refractivity (Wildman–Crippen MR) is 92.2 cm³/mol. The summed E-state index contributed by atoms with van der Waals surface area (Å²) in [4.78, 5) is 0. The molecule has 122 valence electrons. The molecule has 0 aliphatic heterocycles. The molecule has 0 aromatic carbocycles. The van der Waals surface area contributed by atoms with Crippen LogP contribution < -0.4 is 0 Å². The Morgan fingerprint density at radius 3 is 2.33 bits per heavy atom. The molecule has 0 heteroatoms. The Bertz CT molecular complexity index is 314. The van der Waals surface area contributed by atoms with Gasteiger partial charge in [-0.3, -0.25) is 0 Å². The minimum atomic E-state index is 1.01. The molecule has 3 aliphatic carbocycles. The smallest absolute Gasteiger partial charge is 0.0380 e. The van der Waals surface area contributed by atoms with Gasteiger partial charge in [-0.25, -0.2) is 0 Å². The molecule has 0 aromatic heterocycles. The van der Waals surface area contributed by atoms with Crippen LogP contribution in [-0.4, -0.2) is 0 Å². The first kappa shape index (κ1) is 15.9. The van der Waals surface area contributed by atoms with Gasteiger partial charge in [0.1, 0.15) is 0 Å². The third-order valence-electron chi connectivity index (χ3n) is 7.79. The van der Waals surface area contributed by atoms with Gasteiger partial charge in [-0.15, -0.1) is 0 Å². The highest BCUT2D eigenvalue weighted by molar-refractivity contribution is 4.90. The second-order valence-corrected chi connectivity index (χ2v) is 9.07. The van der Waals surface area contributed by atoms with Crippen LogP contribution in [0.3, 0.4) is 0 Å². The average molecular weight is 291 g/mol. The molecule has 3 aliphatic rings. The van der Waals surface area contributed by atoms with Gasteiger partial charge in [0.25, 0.3) is 0 Å². The van der Waals surface area contributed by atoms with Gasteiger partial charge >= 0.3 is 0 Å². The first-order chi connectivity index (χ1) is 10.2. The summed E-state index contributed by atoms with van der Waals surface area (Å²) in [5, 5.41) is 0. The maximum atomic E-state index is 2.57. The summed E-state index contributed by atoms with van der Waals surface area (Å²) in [6.45, 7) is 7.54. The van der Waals surface area contributed by atoms with E-state index in [4.69, 9.17) is 0 Å². The van der Waals surface area contributed by atoms with E-state index < -0.39 is 0 Å².